The van der Waals surface area contributed by atoms with E-state index in [1.807, 2.05) is 28.5 Å². The first-order valence-electron chi connectivity index (χ1n) is 8.46. The van der Waals surface area contributed by atoms with Crippen molar-refractivity contribution in [3.8, 4) is 0 Å². The van der Waals surface area contributed by atoms with Crippen molar-refractivity contribution >= 4 is 23.8 Å². The summed E-state index contributed by atoms with van der Waals surface area (Å²) in [5.41, 5.74) is 0. The molecule has 2 rings (SSSR count). The molecule has 2 fully saturated rings. The van der Waals surface area contributed by atoms with Crippen molar-refractivity contribution in [1.82, 2.24) is 15.1 Å². The van der Waals surface area contributed by atoms with Crippen molar-refractivity contribution in [3.05, 3.63) is 0 Å². The molecule has 2 aliphatic rings. The van der Waals surface area contributed by atoms with Crippen LogP contribution in [0.3, 0.4) is 0 Å². The van der Waals surface area contributed by atoms with Crippen molar-refractivity contribution in [3.63, 3.8) is 0 Å². The first-order chi connectivity index (χ1) is 10.8. The average molecular weight is 343 g/mol. The molecule has 132 valence electrons. The van der Waals surface area contributed by atoms with Crippen LogP contribution in [0.1, 0.15) is 40.0 Å². The van der Waals surface area contributed by atoms with Gasteiger partial charge in [0.15, 0.2) is 0 Å². The van der Waals surface area contributed by atoms with Crippen LogP contribution in [0, 0.1) is 0 Å². The van der Waals surface area contributed by atoms with Gasteiger partial charge >= 0.3 is 12.0 Å². The number of aliphatic carboxylic acids is 1. The Morgan fingerprint density at radius 3 is 2.65 bits per heavy atom. The third-order valence-electron chi connectivity index (χ3n) is 4.83. The Labute approximate surface area is 143 Å². The number of carbonyl (C=O) groups excluding carboxylic acids is 1. The number of hydrogen-bond donors (Lipinski definition) is 2. The number of likely N-dealkylation sites (N-methyl/N-ethyl adjacent to an activating group) is 1. The van der Waals surface area contributed by atoms with Crippen LogP contribution in [0.5, 0.6) is 0 Å². The summed E-state index contributed by atoms with van der Waals surface area (Å²) in [4.78, 5) is 27.1. The van der Waals surface area contributed by atoms with Gasteiger partial charge in [0.25, 0.3) is 0 Å². The summed E-state index contributed by atoms with van der Waals surface area (Å²) >= 11 is 1.93. The third kappa shape index (κ3) is 5.28. The molecule has 0 bridgehead atoms. The van der Waals surface area contributed by atoms with E-state index < -0.39 is 5.97 Å². The van der Waals surface area contributed by atoms with Crippen molar-refractivity contribution in [2.75, 3.05) is 31.9 Å². The zero-order valence-corrected chi connectivity index (χ0v) is 15.2. The minimum Gasteiger partial charge on any atom is -0.480 e. The van der Waals surface area contributed by atoms with E-state index in [0.717, 1.165) is 44.6 Å². The predicted octanol–water partition coefficient (Wildman–Crippen LogP) is 1.85. The molecule has 2 N–H and O–H groups in total. The fourth-order valence-corrected chi connectivity index (χ4v) is 4.27. The molecule has 7 heteroatoms. The molecule has 0 unspecified atom stereocenters. The number of amides is 2. The number of nitrogens with one attached hydrogen (secondary N) is 1. The molecular formula is C16H29N3O3S. The zero-order valence-electron chi connectivity index (χ0n) is 14.4. The van der Waals surface area contributed by atoms with Crippen LogP contribution in [0.4, 0.5) is 4.79 Å². The fraction of sp³-hybridized carbons (Fsp3) is 0.875. The molecule has 23 heavy (non-hydrogen) atoms. The molecule has 1 aliphatic carbocycles. The quantitative estimate of drug-likeness (QED) is 0.797. The van der Waals surface area contributed by atoms with Gasteiger partial charge in [-0.2, -0.15) is 11.8 Å². The van der Waals surface area contributed by atoms with E-state index in [9.17, 15) is 9.59 Å². The average Bonchev–Trinajstić information content (AvgIpc) is 2.60. The first kappa shape index (κ1) is 18.4. The summed E-state index contributed by atoms with van der Waals surface area (Å²) in [6.07, 6.45) is 2.71. The molecule has 1 aliphatic heterocycles. The van der Waals surface area contributed by atoms with Gasteiger partial charge in [0.05, 0.1) is 6.54 Å². The summed E-state index contributed by atoms with van der Waals surface area (Å²) in [7, 11) is 0. The van der Waals surface area contributed by atoms with Crippen molar-refractivity contribution in [1.29, 1.82) is 0 Å². The van der Waals surface area contributed by atoms with Gasteiger partial charge in [-0.3, -0.25) is 9.69 Å². The van der Waals surface area contributed by atoms with Gasteiger partial charge < -0.3 is 15.3 Å². The molecule has 0 spiro atoms. The fourth-order valence-electron chi connectivity index (χ4n) is 3.17. The summed E-state index contributed by atoms with van der Waals surface area (Å²) in [6, 6.07) is 0.493. The number of rotatable bonds is 5. The van der Waals surface area contributed by atoms with Gasteiger partial charge in [0.1, 0.15) is 0 Å². The maximum absolute atomic E-state index is 12.4. The lowest BCUT2D eigenvalue weighted by Gasteiger charge is -2.42. The van der Waals surface area contributed by atoms with Crippen LogP contribution in [0.15, 0.2) is 0 Å². The summed E-state index contributed by atoms with van der Waals surface area (Å²) in [5, 5.41) is 12.0. The lowest BCUT2D eigenvalue weighted by Crippen LogP contribution is -2.57. The highest BCUT2D eigenvalue weighted by Crippen LogP contribution is 2.31. The van der Waals surface area contributed by atoms with Crippen LogP contribution in [-0.2, 0) is 4.79 Å². The van der Waals surface area contributed by atoms with E-state index >= 15 is 0 Å². The van der Waals surface area contributed by atoms with Crippen LogP contribution in [0.25, 0.3) is 0 Å². The Hall–Kier alpha value is -0.950. The molecule has 0 atom stereocenters. The molecule has 0 aromatic carbocycles. The van der Waals surface area contributed by atoms with E-state index in [1.165, 1.54) is 0 Å². The first-order valence-corrected chi connectivity index (χ1v) is 9.44. The molecule has 2 amide bonds. The standard InChI is InChI=1S/C16H29N3O3S/c1-4-18(11-14(20)21)13-9-12(10-13)17-15(22)19-6-5-16(2,3)23-8-7-19/h12-13H,4-11H2,1-3H3,(H,17,22)(H,20,21). The van der Waals surface area contributed by atoms with Crippen LogP contribution >= 0.6 is 11.8 Å². The predicted molar refractivity (Wildman–Crippen MR) is 93.0 cm³/mol. The number of carboxylic acid groups (broad SMARTS) is 1. The molecule has 6 nitrogen and oxygen atoms in total. The molecule has 0 aromatic rings. The van der Waals surface area contributed by atoms with Gasteiger partial charge in [0.2, 0.25) is 0 Å². The Bertz CT molecular complexity index is 438. The second-order valence-corrected chi connectivity index (χ2v) is 8.88. The highest BCUT2D eigenvalue weighted by atomic mass is 32.2. The lowest BCUT2D eigenvalue weighted by atomic mass is 9.85. The molecule has 1 heterocycles. The minimum atomic E-state index is -0.788. The van der Waals surface area contributed by atoms with Crippen molar-refractivity contribution in [2.24, 2.45) is 0 Å². The van der Waals surface area contributed by atoms with Crippen molar-refractivity contribution in [2.45, 2.75) is 56.9 Å². The lowest BCUT2D eigenvalue weighted by molar-refractivity contribution is -0.139. The highest BCUT2D eigenvalue weighted by molar-refractivity contribution is 8.00. The molecule has 0 aromatic heterocycles. The van der Waals surface area contributed by atoms with Crippen molar-refractivity contribution < 1.29 is 14.7 Å². The van der Waals surface area contributed by atoms with E-state index in [-0.39, 0.29) is 29.4 Å². The van der Waals surface area contributed by atoms with Gasteiger partial charge in [-0.1, -0.05) is 20.8 Å². The van der Waals surface area contributed by atoms with Gasteiger partial charge in [0, 0.05) is 35.7 Å². The molecule has 1 saturated carbocycles. The number of hydrogen-bond acceptors (Lipinski definition) is 4. The number of carbonyl (C=O) groups is 2. The Kier molecular flexibility index (Phi) is 6.19. The van der Waals surface area contributed by atoms with Crippen LogP contribution < -0.4 is 5.32 Å². The Balaban J connectivity index is 1.74. The SMILES string of the molecule is CCN(CC(=O)O)C1CC(NC(=O)N2CCSC(C)(C)CC2)C1. The van der Waals surface area contributed by atoms with E-state index in [0.29, 0.717) is 0 Å². The number of carboxylic acids is 1. The molecular weight excluding hydrogens is 314 g/mol. The van der Waals surface area contributed by atoms with Gasteiger partial charge in [-0.25, -0.2) is 4.79 Å². The number of thioether (sulfide) groups is 1. The minimum absolute atomic E-state index is 0.0352. The number of urea groups is 1. The zero-order chi connectivity index (χ0) is 17.0. The van der Waals surface area contributed by atoms with E-state index in [1.54, 1.807) is 0 Å². The van der Waals surface area contributed by atoms with Gasteiger partial charge in [-0.15, -0.1) is 0 Å². The summed E-state index contributed by atoms with van der Waals surface area (Å²) < 4.78 is 0.245. The Morgan fingerprint density at radius 1 is 1.35 bits per heavy atom. The van der Waals surface area contributed by atoms with Crippen LogP contribution in [-0.4, -0.2) is 75.7 Å². The Morgan fingerprint density at radius 2 is 2.04 bits per heavy atom. The highest BCUT2D eigenvalue weighted by Gasteiger charge is 2.35. The van der Waals surface area contributed by atoms with E-state index in [2.05, 4.69) is 19.2 Å². The maximum Gasteiger partial charge on any atom is 0.317 e. The smallest absolute Gasteiger partial charge is 0.317 e. The normalized spacial score (nSPS) is 27.2. The maximum atomic E-state index is 12.4. The summed E-state index contributed by atoms with van der Waals surface area (Å²) in [6.45, 7) is 8.87. The number of nitrogens with zero attached hydrogens (tertiary/aromatic N) is 2. The largest absolute Gasteiger partial charge is 0.480 e. The molecule has 0 radical (unpaired) electrons. The van der Waals surface area contributed by atoms with Crippen LogP contribution in [0.2, 0.25) is 0 Å². The summed E-state index contributed by atoms with van der Waals surface area (Å²) in [5.74, 6) is 0.194. The second kappa shape index (κ2) is 7.75. The van der Waals surface area contributed by atoms with Gasteiger partial charge in [-0.05, 0) is 25.8 Å². The second-order valence-electron chi connectivity index (χ2n) is 7.07. The third-order valence-corrected chi connectivity index (χ3v) is 6.20. The monoisotopic (exact) mass is 343 g/mol. The molecule has 1 saturated heterocycles. The topological polar surface area (TPSA) is 72.9 Å². The van der Waals surface area contributed by atoms with E-state index in [4.69, 9.17) is 5.11 Å².